The van der Waals surface area contributed by atoms with Crippen LogP contribution in [0.4, 0.5) is 0 Å². The first-order valence-electron chi connectivity index (χ1n) is 6.45. The first-order valence-corrected chi connectivity index (χ1v) is 6.45. The van der Waals surface area contributed by atoms with Gasteiger partial charge in [-0.15, -0.1) is 0 Å². The molecule has 2 rings (SSSR count). The minimum Gasteiger partial charge on any atom is -0.468 e. The lowest BCUT2D eigenvalue weighted by Crippen LogP contribution is -2.42. The fourth-order valence-electron chi connectivity index (χ4n) is 2.88. The third-order valence-corrected chi connectivity index (χ3v) is 4.01. The van der Waals surface area contributed by atoms with Gasteiger partial charge in [-0.1, -0.05) is 20.3 Å². The van der Waals surface area contributed by atoms with Gasteiger partial charge in [0.05, 0.1) is 12.8 Å². The first kappa shape index (κ1) is 11.7. The molecule has 1 aromatic rings. The molecule has 2 atom stereocenters. The van der Waals surface area contributed by atoms with Gasteiger partial charge in [0.2, 0.25) is 0 Å². The van der Waals surface area contributed by atoms with E-state index in [0.29, 0.717) is 6.04 Å². The highest BCUT2D eigenvalue weighted by molar-refractivity contribution is 5.14. The number of rotatable bonds is 3. The number of nitrogens with one attached hydrogen (secondary N) is 1. The largest absolute Gasteiger partial charge is 0.468 e. The highest BCUT2D eigenvalue weighted by Gasteiger charge is 2.27. The van der Waals surface area contributed by atoms with E-state index in [4.69, 9.17) is 4.42 Å². The molecular formula is C14H23NO. The van der Waals surface area contributed by atoms with Crippen LogP contribution in [0, 0.1) is 18.8 Å². The van der Waals surface area contributed by atoms with E-state index < -0.39 is 0 Å². The van der Waals surface area contributed by atoms with E-state index in [1.54, 1.807) is 6.26 Å². The zero-order valence-corrected chi connectivity index (χ0v) is 10.6. The summed E-state index contributed by atoms with van der Waals surface area (Å²) in [5.41, 5.74) is 1.25. The van der Waals surface area contributed by atoms with Gasteiger partial charge in [0.25, 0.3) is 0 Å². The average molecular weight is 221 g/mol. The van der Waals surface area contributed by atoms with Crippen molar-refractivity contribution in [3.63, 3.8) is 0 Å². The molecule has 90 valence electrons. The molecule has 2 heteroatoms. The molecule has 2 unspecified atom stereocenters. The first-order chi connectivity index (χ1) is 7.68. The second kappa shape index (κ2) is 5.05. The van der Waals surface area contributed by atoms with Crippen molar-refractivity contribution in [2.24, 2.45) is 11.8 Å². The summed E-state index contributed by atoms with van der Waals surface area (Å²) in [5, 5.41) is 3.67. The predicted octanol–water partition coefficient (Wildman–Crippen LogP) is 3.50. The van der Waals surface area contributed by atoms with Crippen LogP contribution in [0.2, 0.25) is 0 Å². The van der Waals surface area contributed by atoms with Gasteiger partial charge < -0.3 is 9.73 Å². The van der Waals surface area contributed by atoms with Crippen LogP contribution in [0.25, 0.3) is 0 Å². The molecule has 1 aromatic heterocycles. The van der Waals surface area contributed by atoms with Gasteiger partial charge in [0, 0.05) is 6.04 Å². The van der Waals surface area contributed by atoms with Gasteiger partial charge in [-0.05, 0) is 43.2 Å². The molecule has 0 radical (unpaired) electrons. The van der Waals surface area contributed by atoms with E-state index in [1.807, 2.05) is 6.07 Å². The molecule has 0 spiro atoms. The van der Waals surface area contributed by atoms with Crippen LogP contribution >= 0.6 is 0 Å². The lowest BCUT2D eigenvalue weighted by molar-refractivity contribution is 0.204. The molecule has 16 heavy (non-hydrogen) atoms. The Labute approximate surface area is 98.4 Å². The van der Waals surface area contributed by atoms with Gasteiger partial charge in [0.15, 0.2) is 0 Å². The molecule has 0 amide bonds. The molecule has 2 nitrogen and oxygen atoms in total. The van der Waals surface area contributed by atoms with Gasteiger partial charge in [-0.3, -0.25) is 0 Å². The lowest BCUT2D eigenvalue weighted by atomic mass is 9.79. The maximum atomic E-state index is 5.46. The Kier molecular flexibility index (Phi) is 3.70. The second-order valence-electron chi connectivity index (χ2n) is 5.32. The fraction of sp³-hybridized carbons (Fsp3) is 0.714. The van der Waals surface area contributed by atoms with Crippen LogP contribution in [-0.4, -0.2) is 6.04 Å². The molecule has 0 bridgehead atoms. The molecule has 1 aliphatic carbocycles. The highest BCUT2D eigenvalue weighted by Crippen LogP contribution is 2.29. The maximum absolute atomic E-state index is 5.46. The summed E-state index contributed by atoms with van der Waals surface area (Å²) in [4.78, 5) is 0. The molecule has 1 aliphatic rings. The topological polar surface area (TPSA) is 25.2 Å². The molecule has 1 N–H and O–H groups in total. The van der Waals surface area contributed by atoms with Crippen LogP contribution in [0.5, 0.6) is 0 Å². The zero-order valence-electron chi connectivity index (χ0n) is 10.6. The van der Waals surface area contributed by atoms with E-state index in [-0.39, 0.29) is 0 Å². The normalized spacial score (nSPS) is 30.6. The molecule has 0 aromatic carbocycles. The standard InChI is InChI=1S/C14H23NO/c1-10-7-8-16-13(10)9-15-14-11(2)5-4-6-12(14)3/h7-8,11-12,14-15H,4-6,9H2,1-3H3. The quantitative estimate of drug-likeness (QED) is 0.845. The van der Waals surface area contributed by atoms with Crippen molar-refractivity contribution < 1.29 is 4.42 Å². The summed E-state index contributed by atoms with van der Waals surface area (Å²) in [6.45, 7) is 7.71. The van der Waals surface area contributed by atoms with E-state index >= 15 is 0 Å². The summed E-state index contributed by atoms with van der Waals surface area (Å²) >= 11 is 0. The summed E-state index contributed by atoms with van der Waals surface area (Å²) < 4.78 is 5.46. The van der Waals surface area contributed by atoms with Crippen LogP contribution in [-0.2, 0) is 6.54 Å². The Hall–Kier alpha value is -0.760. The van der Waals surface area contributed by atoms with Crippen molar-refractivity contribution in [1.82, 2.24) is 5.32 Å². The van der Waals surface area contributed by atoms with Gasteiger partial charge in [-0.2, -0.15) is 0 Å². The fourth-order valence-corrected chi connectivity index (χ4v) is 2.88. The van der Waals surface area contributed by atoms with Gasteiger partial charge in [0.1, 0.15) is 5.76 Å². The van der Waals surface area contributed by atoms with Crippen LogP contribution in [0.3, 0.4) is 0 Å². The molecule has 0 saturated heterocycles. The van der Waals surface area contributed by atoms with E-state index in [2.05, 4.69) is 26.1 Å². The minimum atomic E-state index is 0.651. The Balaban J connectivity index is 1.91. The number of hydrogen-bond acceptors (Lipinski definition) is 2. The summed E-state index contributed by atoms with van der Waals surface area (Å²) in [6.07, 6.45) is 5.89. The van der Waals surface area contributed by atoms with Crippen molar-refractivity contribution in [1.29, 1.82) is 0 Å². The van der Waals surface area contributed by atoms with Crippen molar-refractivity contribution in [3.05, 3.63) is 23.7 Å². The molecule has 0 aliphatic heterocycles. The van der Waals surface area contributed by atoms with Crippen LogP contribution in [0.1, 0.15) is 44.4 Å². The number of aryl methyl sites for hydroxylation is 1. The SMILES string of the molecule is Cc1ccoc1CNC1C(C)CCCC1C. The molecule has 1 heterocycles. The smallest absolute Gasteiger partial charge is 0.120 e. The number of hydrogen-bond donors (Lipinski definition) is 1. The second-order valence-corrected chi connectivity index (χ2v) is 5.32. The minimum absolute atomic E-state index is 0.651. The van der Waals surface area contributed by atoms with Crippen molar-refractivity contribution in [2.45, 2.75) is 52.6 Å². The highest BCUT2D eigenvalue weighted by atomic mass is 16.3. The summed E-state index contributed by atoms with van der Waals surface area (Å²) in [7, 11) is 0. The molecule has 1 saturated carbocycles. The van der Waals surface area contributed by atoms with Crippen LogP contribution < -0.4 is 5.32 Å². The van der Waals surface area contributed by atoms with Gasteiger partial charge in [-0.25, -0.2) is 0 Å². The third kappa shape index (κ3) is 2.49. The van der Waals surface area contributed by atoms with E-state index in [0.717, 1.165) is 24.1 Å². The summed E-state index contributed by atoms with van der Waals surface area (Å²) in [5.74, 6) is 2.67. The van der Waals surface area contributed by atoms with Gasteiger partial charge >= 0.3 is 0 Å². The summed E-state index contributed by atoms with van der Waals surface area (Å²) in [6, 6.07) is 2.68. The Morgan fingerprint density at radius 1 is 1.31 bits per heavy atom. The zero-order chi connectivity index (χ0) is 11.5. The number of furan rings is 1. The molecule has 1 fully saturated rings. The monoisotopic (exact) mass is 221 g/mol. The van der Waals surface area contributed by atoms with Crippen LogP contribution in [0.15, 0.2) is 16.7 Å². The maximum Gasteiger partial charge on any atom is 0.120 e. The Morgan fingerprint density at radius 2 is 2.00 bits per heavy atom. The van der Waals surface area contributed by atoms with Crippen molar-refractivity contribution in [3.8, 4) is 0 Å². The Morgan fingerprint density at radius 3 is 2.56 bits per heavy atom. The predicted molar refractivity (Wildman–Crippen MR) is 66.3 cm³/mol. The van der Waals surface area contributed by atoms with E-state index in [1.165, 1.54) is 24.8 Å². The molecular weight excluding hydrogens is 198 g/mol. The Bertz CT molecular complexity index is 321. The van der Waals surface area contributed by atoms with Crippen molar-refractivity contribution in [2.75, 3.05) is 0 Å². The van der Waals surface area contributed by atoms with E-state index in [9.17, 15) is 0 Å². The van der Waals surface area contributed by atoms with Crippen molar-refractivity contribution >= 4 is 0 Å². The average Bonchev–Trinajstić information content (AvgIpc) is 2.64. The third-order valence-electron chi connectivity index (χ3n) is 4.01. The lowest BCUT2D eigenvalue weighted by Gasteiger charge is -2.35.